The lowest BCUT2D eigenvalue weighted by Crippen LogP contribution is -2.53. The van der Waals surface area contributed by atoms with E-state index in [1.54, 1.807) is 25.7 Å². The van der Waals surface area contributed by atoms with Crippen molar-refractivity contribution >= 4 is 36.2 Å². The van der Waals surface area contributed by atoms with Crippen molar-refractivity contribution in [3.05, 3.63) is 64.2 Å². The fraction of sp³-hybridized carbons (Fsp3) is 0.531. The van der Waals surface area contributed by atoms with E-state index in [-0.39, 0.29) is 17.6 Å². The van der Waals surface area contributed by atoms with Crippen LogP contribution >= 0.6 is 12.6 Å². The van der Waals surface area contributed by atoms with Gasteiger partial charge in [0, 0.05) is 18.0 Å². The highest BCUT2D eigenvalue weighted by molar-refractivity contribution is 7.80. The van der Waals surface area contributed by atoms with Crippen LogP contribution in [0.5, 0.6) is 0 Å². The van der Waals surface area contributed by atoms with Gasteiger partial charge < -0.3 is 20.3 Å². The maximum absolute atomic E-state index is 14.2. The van der Waals surface area contributed by atoms with Crippen LogP contribution in [-0.2, 0) is 14.3 Å². The fourth-order valence-electron chi connectivity index (χ4n) is 4.80. The van der Waals surface area contributed by atoms with E-state index in [2.05, 4.69) is 30.2 Å². The second-order valence-corrected chi connectivity index (χ2v) is 11.8. The topological polar surface area (TPSA) is 87.7 Å². The summed E-state index contributed by atoms with van der Waals surface area (Å²) in [6.45, 7) is 15.6. The number of unbranched alkanes of at least 4 members (excludes halogenated alkanes) is 3. The smallest absolute Gasteiger partial charge is 0.408 e. The number of carbonyl (C=O) groups excluding carboxylic acids is 3. The van der Waals surface area contributed by atoms with Crippen molar-refractivity contribution < 1.29 is 19.1 Å². The Morgan fingerprint density at radius 3 is 1.95 bits per heavy atom. The third-order valence-corrected chi connectivity index (χ3v) is 7.18. The largest absolute Gasteiger partial charge is 0.444 e. The van der Waals surface area contributed by atoms with E-state index < -0.39 is 23.8 Å². The van der Waals surface area contributed by atoms with Gasteiger partial charge >= 0.3 is 6.09 Å². The zero-order valence-electron chi connectivity index (χ0n) is 25.4. The van der Waals surface area contributed by atoms with Crippen LogP contribution in [0.15, 0.2) is 36.4 Å². The van der Waals surface area contributed by atoms with Gasteiger partial charge in [0.1, 0.15) is 17.7 Å². The number of rotatable bonds is 12. The average Bonchev–Trinajstić information content (AvgIpc) is 2.86. The van der Waals surface area contributed by atoms with Crippen LogP contribution in [0.25, 0.3) is 0 Å². The quantitative estimate of drug-likeness (QED) is 0.193. The minimum absolute atomic E-state index is 0.0571. The van der Waals surface area contributed by atoms with Crippen LogP contribution in [0.3, 0.4) is 0 Å². The van der Waals surface area contributed by atoms with Crippen molar-refractivity contribution in [3.8, 4) is 0 Å². The molecule has 2 aromatic rings. The van der Waals surface area contributed by atoms with E-state index in [1.165, 1.54) is 0 Å². The summed E-state index contributed by atoms with van der Waals surface area (Å²) in [4.78, 5) is 42.7. The lowest BCUT2D eigenvalue weighted by molar-refractivity contribution is -0.140. The second-order valence-electron chi connectivity index (χ2n) is 11.4. The normalized spacial score (nSPS) is 12.8. The van der Waals surface area contributed by atoms with Crippen molar-refractivity contribution in [2.24, 2.45) is 0 Å². The zero-order valence-corrected chi connectivity index (χ0v) is 26.3. The molecule has 2 aromatic carbocycles. The summed E-state index contributed by atoms with van der Waals surface area (Å²) in [7, 11) is 0. The van der Waals surface area contributed by atoms with Crippen molar-refractivity contribution in [1.82, 2.24) is 10.2 Å². The number of benzene rings is 2. The number of amides is 3. The van der Waals surface area contributed by atoms with Crippen molar-refractivity contribution in [1.29, 1.82) is 0 Å². The summed E-state index contributed by atoms with van der Waals surface area (Å²) in [6, 6.07) is 9.83. The Morgan fingerprint density at radius 2 is 1.45 bits per heavy atom. The fourth-order valence-corrected chi connectivity index (χ4v) is 5.05. The number of ether oxygens (including phenoxy) is 1. The highest BCUT2D eigenvalue weighted by Gasteiger charge is 2.37. The number of alkyl carbamates (subject to hydrolysis) is 1. The summed E-state index contributed by atoms with van der Waals surface area (Å²) < 4.78 is 5.42. The third-order valence-electron chi connectivity index (χ3n) is 6.81. The Bertz CT molecular complexity index is 1130. The van der Waals surface area contributed by atoms with Crippen molar-refractivity contribution in [2.45, 2.75) is 98.8 Å². The van der Waals surface area contributed by atoms with E-state index in [4.69, 9.17) is 4.74 Å². The highest BCUT2D eigenvalue weighted by atomic mass is 32.1. The van der Waals surface area contributed by atoms with Crippen LogP contribution in [0.4, 0.5) is 10.5 Å². The molecule has 2 atom stereocenters. The van der Waals surface area contributed by atoms with E-state index >= 15 is 0 Å². The van der Waals surface area contributed by atoms with Gasteiger partial charge in [-0.25, -0.2) is 4.79 Å². The Kier molecular flexibility index (Phi) is 12.6. The second kappa shape index (κ2) is 15.1. The molecule has 0 radical (unpaired) electrons. The Hall–Kier alpha value is -3.00. The van der Waals surface area contributed by atoms with Crippen LogP contribution < -0.4 is 10.6 Å². The Balaban J connectivity index is 2.59. The minimum atomic E-state index is -0.968. The molecule has 0 aliphatic rings. The molecular formula is C32H47N3O4S. The van der Waals surface area contributed by atoms with Crippen molar-refractivity contribution in [3.63, 3.8) is 0 Å². The molecule has 2 rings (SSSR count). The summed E-state index contributed by atoms with van der Waals surface area (Å²) in [6.07, 6.45) is 3.01. The molecule has 0 heterocycles. The van der Waals surface area contributed by atoms with E-state index in [0.717, 1.165) is 59.2 Å². The van der Waals surface area contributed by atoms with Gasteiger partial charge in [-0.1, -0.05) is 62.6 Å². The van der Waals surface area contributed by atoms with Gasteiger partial charge in [-0.15, -0.1) is 0 Å². The number of nitrogens with one attached hydrogen (secondary N) is 2. The number of nitrogens with zero attached hydrogens (tertiary/aromatic N) is 1. The molecule has 0 saturated heterocycles. The van der Waals surface area contributed by atoms with Crippen LogP contribution in [-0.4, -0.2) is 46.7 Å². The molecule has 3 amide bonds. The number of hydrogen-bond donors (Lipinski definition) is 3. The van der Waals surface area contributed by atoms with Gasteiger partial charge in [-0.05, 0) is 82.7 Å². The van der Waals surface area contributed by atoms with Crippen LogP contribution in [0.1, 0.15) is 87.2 Å². The minimum Gasteiger partial charge on any atom is -0.444 e. The van der Waals surface area contributed by atoms with Gasteiger partial charge in [0.05, 0.1) is 0 Å². The SMILES string of the molecule is CCCCCCN(C(=O)C(CS)NC(=O)OC(C)(C)C)C(C(=O)Nc1c(C)cccc1C)c1c(C)cccc1C. The van der Waals surface area contributed by atoms with Crippen LogP contribution in [0, 0.1) is 27.7 Å². The zero-order chi connectivity index (χ0) is 30.0. The van der Waals surface area contributed by atoms with Gasteiger partial charge in [0.25, 0.3) is 5.91 Å². The molecule has 0 aromatic heterocycles. The number of hydrogen-bond acceptors (Lipinski definition) is 5. The highest BCUT2D eigenvalue weighted by Crippen LogP contribution is 2.31. The monoisotopic (exact) mass is 569 g/mol. The predicted octanol–water partition coefficient (Wildman–Crippen LogP) is 6.83. The van der Waals surface area contributed by atoms with Gasteiger partial charge in [0.2, 0.25) is 5.91 Å². The maximum atomic E-state index is 14.2. The lowest BCUT2D eigenvalue weighted by atomic mass is 9.93. The van der Waals surface area contributed by atoms with Crippen molar-refractivity contribution in [2.75, 3.05) is 17.6 Å². The Labute approximate surface area is 245 Å². The van der Waals surface area contributed by atoms with E-state index in [9.17, 15) is 14.4 Å². The Morgan fingerprint density at radius 1 is 0.900 bits per heavy atom. The number of para-hydroxylation sites is 1. The number of carbonyl (C=O) groups is 3. The summed E-state index contributed by atoms with van der Waals surface area (Å²) in [5.41, 5.74) is 4.50. The van der Waals surface area contributed by atoms with Gasteiger partial charge in [0.15, 0.2) is 0 Å². The number of thiol groups is 1. The third kappa shape index (κ3) is 9.29. The first-order valence-electron chi connectivity index (χ1n) is 14.1. The molecule has 7 nitrogen and oxygen atoms in total. The van der Waals surface area contributed by atoms with Crippen LogP contribution in [0.2, 0.25) is 0 Å². The van der Waals surface area contributed by atoms with Gasteiger partial charge in [-0.2, -0.15) is 12.6 Å². The van der Waals surface area contributed by atoms with Gasteiger partial charge in [-0.3, -0.25) is 9.59 Å². The molecule has 2 N–H and O–H groups in total. The maximum Gasteiger partial charge on any atom is 0.408 e. The molecule has 40 heavy (non-hydrogen) atoms. The molecule has 0 spiro atoms. The van der Waals surface area contributed by atoms with E-state index in [1.807, 2.05) is 64.1 Å². The van der Waals surface area contributed by atoms with E-state index in [0.29, 0.717) is 6.54 Å². The summed E-state index contributed by atoms with van der Waals surface area (Å²) in [5, 5.41) is 5.82. The molecule has 0 bridgehead atoms. The molecular weight excluding hydrogens is 522 g/mol. The first kappa shape index (κ1) is 33.2. The first-order chi connectivity index (χ1) is 18.8. The number of anilines is 1. The average molecular weight is 570 g/mol. The molecule has 2 unspecified atom stereocenters. The standard InChI is InChI=1S/C32H47N3O4S/c1-9-10-11-12-19-35(30(37)25(20-40)33-31(38)39-32(6,7)8)28(26-21(2)15-13-16-22(26)3)29(36)34-27-23(4)17-14-18-24(27)5/h13-18,25,28,40H,9-12,19-20H2,1-8H3,(H,33,38)(H,34,36). The molecule has 0 aliphatic heterocycles. The molecule has 0 aliphatic carbocycles. The lowest BCUT2D eigenvalue weighted by Gasteiger charge is -2.35. The molecule has 8 heteroatoms. The summed E-state index contributed by atoms with van der Waals surface area (Å²) in [5.74, 6) is -0.614. The summed E-state index contributed by atoms with van der Waals surface area (Å²) >= 11 is 4.40. The molecule has 0 saturated carbocycles. The number of aryl methyl sites for hydroxylation is 4. The molecule has 0 fully saturated rings. The predicted molar refractivity (Wildman–Crippen MR) is 166 cm³/mol. The molecule has 220 valence electrons. The first-order valence-corrected chi connectivity index (χ1v) is 14.8.